The van der Waals surface area contributed by atoms with Gasteiger partial charge in [0.05, 0.1) is 11.1 Å². The number of fused-ring (bicyclic) bond motifs is 1. The molecule has 0 saturated carbocycles. The zero-order valence-electron chi connectivity index (χ0n) is 20.5. The highest BCUT2D eigenvalue weighted by Crippen LogP contribution is 2.44. The molecule has 5 rings (SSSR count). The second-order valence-electron chi connectivity index (χ2n) is 8.94. The topological polar surface area (TPSA) is 102 Å². The number of phenols is 1. The molecule has 4 N–H and O–H groups in total. The molecular formula is C27H21F3N4O3S2. The summed E-state index contributed by atoms with van der Waals surface area (Å²) in [5.41, 5.74) is 2.17. The van der Waals surface area contributed by atoms with Gasteiger partial charge in [0.2, 0.25) is 5.88 Å². The minimum absolute atomic E-state index is 0.0485. The lowest BCUT2D eigenvalue weighted by molar-refractivity contribution is -0.137. The molecule has 1 fully saturated rings. The first kappa shape index (κ1) is 26.7. The number of halogens is 3. The van der Waals surface area contributed by atoms with Crippen LogP contribution >= 0.6 is 24.0 Å². The van der Waals surface area contributed by atoms with Crippen LogP contribution in [0.1, 0.15) is 22.3 Å². The third-order valence-electron chi connectivity index (χ3n) is 6.29. The van der Waals surface area contributed by atoms with Crippen molar-refractivity contribution in [3.63, 3.8) is 0 Å². The molecule has 0 amide bonds. The van der Waals surface area contributed by atoms with Crippen molar-refractivity contribution in [1.82, 2.24) is 9.88 Å². The second-order valence-corrected chi connectivity index (χ2v) is 10.7. The molecule has 1 aliphatic rings. The summed E-state index contributed by atoms with van der Waals surface area (Å²) in [7, 11) is 0. The van der Waals surface area contributed by atoms with Gasteiger partial charge in [0.1, 0.15) is 15.8 Å². The SMILES string of the molecule is Cc1ccc(-n2c(O)c(N=Nc3ccc(/C=C4\SC(=S)NC4O)cc3O)c3ccc(C(F)(F)F)cc32)cc1C. The monoisotopic (exact) mass is 570 g/mol. The molecule has 1 aliphatic heterocycles. The van der Waals surface area contributed by atoms with E-state index in [2.05, 4.69) is 15.5 Å². The zero-order chi connectivity index (χ0) is 28.1. The summed E-state index contributed by atoms with van der Waals surface area (Å²) in [6, 6.07) is 12.9. The van der Waals surface area contributed by atoms with E-state index >= 15 is 0 Å². The van der Waals surface area contributed by atoms with E-state index in [9.17, 15) is 28.5 Å². The molecule has 1 aromatic heterocycles. The number of aliphatic hydroxyl groups is 1. The Morgan fingerprint density at radius 1 is 1.00 bits per heavy atom. The van der Waals surface area contributed by atoms with Crippen LogP contribution < -0.4 is 5.32 Å². The Labute approximate surface area is 230 Å². The number of azo groups is 1. The molecule has 0 spiro atoms. The van der Waals surface area contributed by atoms with Gasteiger partial charge in [-0.25, -0.2) is 0 Å². The van der Waals surface area contributed by atoms with Gasteiger partial charge in [-0.15, -0.1) is 10.2 Å². The Balaban J connectivity index is 1.58. The lowest BCUT2D eigenvalue weighted by Crippen LogP contribution is -2.23. The van der Waals surface area contributed by atoms with Gasteiger partial charge in [0, 0.05) is 16.0 Å². The van der Waals surface area contributed by atoms with Crippen LogP contribution in [0.3, 0.4) is 0 Å². The third kappa shape index (κ3) is 5.22. The molecule has 2 heterocycles. The molecule has 39 heavy (non-hydrogen) atoms. The predicted molar refractivity (Wildman–Crippen MR) is 149 cm³/mol. The van der Waals surface area contributed by atoms with Crippen LogP contribution in [-0.4, -0.2) is 30.4 Å². The summed E-state index contributed by atoms with van der Waals surface area (Å²) in [6.07, 6.45) is -3.86. The van der Waals surface area contributed by atoms with Crippen molar-refractivity contribution >= 4 is 56.7 Å². The van der Waals surface area contributed by atoms with Crippen LogP contribution in [0.4, 0.5) is 24.5 Å². The first-order chi connectivity index (χ1) is 18.4. The number of hydrogen-bond donors (Lipinski definition) is 4. The van der Waals surface area contributed by atoms with Gasteiger partial charge in [-0.3, -0.25) is 4.57 Å². The van der Waals surface area contributed by atoms with E-state index in [1.165, 1.54) is 34.5 Å². The zero-order valence-corrected chi connectivity index (χ0v) is 22.1. The summed E-state index contributed by atoms with van der Waals surface area (Å²) in [4.78, 5) is 0.566. The number of phenolic OH excluding ortho intramolecular Hbond substituents is 1. The average Bonchev–Trinajstić information content (AvgIpc) is 3.33. The number of benzene rings is 3. The maximum atomic E-state index is 13.5. The van der Waals surface area contributed by atoms with Gasteiger partial charge in [0.25, 0.3) is 0 Å². The lowest BCUT2D eigenvalue weighted by atomic mass is 10.1. The van der Waals surface area contributed by atoms with Gasteiger partial charge in [-0.2, -0.15) is 13.2 Å². The first-order valence-corrected chi connectivity index (χ1v) is 12.8. The van der Waals surface area contributed by atoms with E-state index in [0.29, 0.717) is 20.5 Å². The van der Waals surface area contributed by atoms with Crippen LogP contribution in [0.15, 0.2) is 69.7 Å². The first-order valence-electron chi connectivity index (χ1n) is 11.6. The molecule has 1 unspecified atom stereocenters. The standard InChI is InChI=1S/C27H21F3N4O3S2/c1-13-3-6-17(9-14(13)2)34-20-12-16(27(28,29)30)5-7-18(20)23(25(34)37)33-32-19-8-4-15(10-21(19)35)11-22-24(36)31-26(38)39-22/h3-12,24,35-37H,1-2H3,(H,31,38)/b22-11-,33-32?. The van der Waals surface area contributed by atoms with Crippen molar-refractivity contribution in [2.45, 2.75) is 26.3 Å². The normalized spacial score (nSPS) is 17.0. The number of thioether (sulfide) groups is 1. The molecule has 4 aromatic rings. The fraction of sp³-hybridized carbons (Fsp3) is 0.148. The van der Waals surface area contributed by atoms with Crippen LogP contribution in [0.2, 0.25) is 0 Å². The molecule has 1 saturated heterocycles. The average molecular weight is 571 g/mol. The number of alkyl halides is 3. The molecule has 7 nitrogen and oxygen atoms in total. The minimum atomic E-state index is -4.58. The summed E-state index contributed by atoms with van der Waals surface area (Å²) in [6.45, 7) is 3.77. The van der Waals surface area contributed by atoms with E-state index in [-0.39, 0.29) is 28.0 Å². The Kier molecular flexibility index (Phi) is 6.87. The molecule has 0 aliphatic carbocycles. The number of nitrogens with zero attached hydrogens (tertiary/aromatic N) is 3. The lowest BCUT2D eigenvalue weighted by Gasteiger charge is -2.11. The fourth-order valence-electron chi connectivity index (χ4n) is 4.12. The molecule has 1 atom stereocenters. The van der Waals surface area contributed by atoms with Crippen LogP contribution in [-0.2, 0) is 6.18 Å². The number of aliphatic hydroxyl groups excluding tert-OH is 1. The number of aryl methyl sites for hydroxylation is 2. The molecule has 200 valence electrons. The van der Waals surface area contributed by atoms with Crippen molar-refractivity contribution in [2.24, 2.45) is 10.2 Å². The molecule has 12 heteroatoms. The maximum absolute atomic E-state index is 13.5. The number of thiocarbonyl (C=S) groups is 1. The molecule has 3 aromatic carbocycles. The summed E-state index contributed by atoms with van der Waals surface area (Å²) >= 11 is 6.23. The van der Waals surface area contributed by atoms with Crippen molar-refractivity contribution < 1.29 is 28.5 Å². The Morgan fingerprint density at radius 2 is 1.77 bits per heavy atom. The molecule has 0 bridgehead atoms. The Morgan fingerprint density at radius 3 is 2.41 bits per heavy atom. The van der Waals surface area contributed by atoms with Gasteiger partial charge in [0.15, 0.2) is 11.9 Å². The van der Waals surface area contributed by atoms with Crippen LogP contribution in [0.5, 0.6) is 11.6 Å². The highest BCUT2D eigenvalue weighted by molar-refractivity contribution is 8.26. The fourth-order valence-corrected chi connectivity index (χ4v) is 5.28. The van der Waals surface area contributed by atoms with Gasteiger partial charge in [-0.05, 0) is 79.1 Å². The van der Waals surface area contributed by atoms with Gasteiger partial charge >= 0.3 is 6.18 Å². The predicted octanol–water partition coefficient (Wildman–Crippen LogP) is 7.37. The summed E-state index contributed by atoms with van der Waals surface area (Å²) in [5, 5.41) is 42.8. The molecular weight excluding hydrogens is 549 g/mol. The van der Waals surface area contributed by atoms with Crippen molar-refractivity contribution in [3.8, 4) is 17.3 Å². The second kappa shape index (κ2) is 10.0. The molecule has 0 radical (unpaired) electrons. The van der Waals surface area contributed by atoms with E-state index in [4.69, 9.17) is 12.2 Å². The third-order valence-corrected chi connectivity index (χ3v) is 7.54. The number of hydrogen-bond acceptors (Lipinski definition) is 7. The van der Waals surface area contributed by atoms with Gasteiger partial charge in [-0.1, -0.05) is 36.1 Å². The van der Waals surface area contributed by atoms with E-state index in [1.54, 1.807) is 24.3 Å². The van der Waals surface area contributed by atoms with Gasteiger partial charge < -0.3 is 20.6 Å². The smallest absolute Gasteiger partial charge is 0.416 e. The Bertz CT molecular complexity index is 1700. The number of aromatic hydroxyl groups is 2. The minimum Gasteiger partial charge on any atom is -0.506 e. The summed E-state index contributed by atoms with van der Waals surface area (Å²) in [5.74, 6) is -0.620. The maximum Gasteiger partial charge on any atom is 0.416 e. The quantitative estimate of drug-likeness (QED) is 0.151. The largest absolute Gasteiger partial charge is 0.506 e. The van der Waals surface area contributed by atoms with E-state index in [1.807, 2.05) is 19.9 Å². The van der Waals surface area contributed by atoms with Crippen LogP contribution in [0.25, 0.3) is 22.7 Å². The van der Waals surface area contributed by atoms with Crippen molar-refractivity contribution in [2.75, 3.05) is 0 Å². The van der Waals surface area contributed by atoms with Crippen molar-refractivity contribution in [1.29, 1.82) is 0 Å². The van der Waals surface area contributed by atoms with Crippen molar-refractivity contribution in [3.05, 3.63) is 81.8 Å². The highest BCUT2D eigenvalue weighted by Gasteiger charge is 2.32. The summed E-state index contributed by atoms with van der Waals surface area (Å²) < 4.78 is 42.3. The Hall–Kier alpha value is -3.87. The number of nitrogens with one attached hydrogen (secondary N) is 1. The van der Waals surface area contributed by atoms with E-state index in [0.717, 1.165) is 23.3 Å². The number of aromatic nitrogens is 1. The highest BCUT2D eigenvalue weighted by atomic mass is 32.2. The number of rotatable bonds is 4. The van der Waals surface area contributed by atoms with Crippen LogP contribution in [0, 0.1) is 13.8 Å². The van der Waals surface area contributed by atoms with E-state index < -0.39 is 23.8 Å².